The molecule has 3 heterocycles. The van der Waals surface area contributed by atoms with E-state index in [1.54, 1.807) is 0 Å². The Bertz CT molecular complexity index is 434. The molecule has 0 aromatic heterocycles. The third kappa shape index (κ3) is 3.69. The van der Waals surface area contributed by atoms with Crippen LogP contribution in [0.25, 0.3) is 0 Å². The summed E-state index contributed by atoms with van der Waals surface area (Å²) in [4.78, 5) is 29.1. The first kappa shape index (κ1) is 16.7. The van der Waals surface area contributed by atoms with E-state index in [-0.39, 0.29) is 17.7 Å². The van der Waals surface area contributed by atoms with Crippen LogP contribution in [0.2, 0.25) is 0 Å². The Morgan fingerprint density at radius 2 is 1.65 bits per heavy atom. The number of carbonyl (C=O) groups is 2. The average molecular weight is 324 g/mol. The van der Waals surface area contributed by atoms with Crippen molar-refractivity contribution < 1.29 is 19.1 Å². The number of piperidine rings is 1. The lowest BCUT2D eigenvalue weighted by Crippen LogP contribution is -2.54. The van der Waals surface area contributed by atoms with Crippen molar-refractivity contribution in [3.63, 3.8) is 0 Å². The minimum atomic E-state index is -0.653. The molecule has 3 aliphatic heterocycles. The summed E-state index contributed by atoms with van der Waals surface area (Å²) >= 11 is 0. The molecule has 130 valence electrons. The van der Waals surface area contributed by atoms with Gasteiger partial charge >= 0.3 is 0 Å². The molecule has 0 unspecified atom stereocenters. The van der Waals surface area contributed by atoms with Gasteiger partial charge in [0, 0.05) is 38.7 Å². The number of carbonyl (C=O) groups excluding carboxylic acids is 2. The lowest BCUT2D eigenvalue weighted by molar-refractivity contribution is -0.164. The lowest BCUT2D eigenvalue weighted by atomic mass is 9.91. The Morgan fingerprint density at radius 3 is 2.26 bits per heavy atom. The normalized spacial score (nSPS) is 30.3. The molecule has 23 heavy (non-hydrogen) atoms. The zero-order valence-electron chi connectivity index (χ0n) is 14.1. The molecule has 0 bridgehead atoms. The van der Waals surface area contributed by atoms with Crippen molar-refractivity contribution in [1.29, 1.82) is 0 Å². The smallest absolute Gasteiger partial charge is 0.254 e. The van der Waals surface area contributed by atoms with Gasteiger partial charge in [-0.3, -0.25) is 9.59 Å². The lowest BCUT2D eigenvalue weighted by Gasteiger charge is -2.40. The van der Waals surface area contributed by atoms with Crippen molar-refractivity contribution in [2.24, 2.45) is 5.92 Å². The van der Waals surface area contributed by atoms with Crippen molar-refractivity contribution in [3.05, 3.63) is 0 Å². The van der Waals surface area contributed by atoms with Crippen molar-refractivity contribution in [2.45, 2.75) is 44.6 Å². The van der Waals surface area contributed by atoms with Crippen LogP contribution >= 0.6 is 0 Å². The molecule has 3 fully saturated rings. The van der Waals surface area contributed by atoms with Crippen molar-refractivity contribution in [3.8, 4) is 0 Å². The average Bonchev–Trinajstić information content (AvgIpc) is 2.62. The Morgan fingerprint density at radius 1 is 0.957 bits per heavy atom. The minimum absolute atomic E-state index is 0.0530. The molecule has 2 amide bonds. The summed E-state index contributed by atoms with van der Waals surface area (Å²) in [5.74, 6) is 0.396. The van der Waals surface area contributed by atoms with E-state index in [2.05, 4.69) is 0 Å². The van der Waals surface area contributed by atoms with E-state index in [0.717, 1.165) is 32.1 Å². The molecule has 3 rings (SSSR count). The van der Waals surface area contributed by atoms with Gasteiger partial charge in [-0.2, -0.15) is 0 Å². The first-order chi connectivity index (χ1) is 11.1. The molecule has 6 heteroatoms. The predicted octanol–water partition coefficient (Wildman–Crippen LogP) is 1.04. The molecule has 0 aliphatic carbocycles. The van der Waals surface area contributed by atoms with Crippen LogP contribution in [-0.4, -0.2) is 73.2 Å². The topological polar surface area (TPSA) is 59.1 Å². The van der Waals surface area contributed by atoms with Gasteiger partial charge in [0.05, 0.1) is 13.2 Å². The summed E-state index contributed by atoms with van der Waals surface area (Å²) in [6.45, 7) is 6.59. The highest BCUT2D eigenvalue weighted by Gasteiger charge is 2.41. The molecular formula is C17H28N2O4. The fourth-order valence-electron chi connectivity index (χ4n) is 3.81. The number of ether oxygens (including phenoxy) is 2. The van der Waals surface area contributed by atoms with E-state index in [1.165, 1.54) is 0 Å². The molecular weight excluding hydrogens is 296 g/mol. The minimum Gasteiger partial charge on any atom is -0.378 e. The third-order valence-electron chi connectivity index (χ3n) is 5.38. The molecule has 0 spiro atoms. The Balaban J connectivity index is 1.51. The zero-order valence-corrected chi connectivity index (χ0v) is 14.1. The van der Waals surface area contributed by atoms with E-state index in [1.807, 2.05) is 16.7 Å². The Hall–Kier alpha value is -1.14. The first-order valence-corrected chi connectivity index (χ1v) is 8.90. The quantitative estimate of drug-likeness (QED) is 0.762. The molecule has 3 saturated heterocycles. The second-order valence-electron chi connectivity index (χ2n) is 7.04. The summed E-state index contributed by atoms with van der Waals surface area (Å²) in [6, 6.07) is 0. The molecule has 1 atom stereocenters. The maximum absolute atomic E-state index is 12.7. The summed E-state index contributed by atoms with van der Waals surface area (Å²) in [5.41, 5.74) is -0.653. The van der Waals surface area contributed by atoms with Crippen LogP contribution in [-0.2, 0) is 19.1 Å². The standard InChI is InChI=1S/C17H28N2O4/c1-17(6-2-3-11-23-17)16(21)19-7-4-14(5-8-19)15(20)18-9-12-22-13-10-18/h14H,2-13H2,1H3/t17-/m0/s1. The second-order valence-corrected chi connectivity index (χ2v) is 7.04. The molecule has 0 radical (unpaired) electrons. The fraction of sp³-hybridized carbons (Fsp3) is 0.882. The van der Waals surface area contributed by atoms with Crippen molar-refractivity contribution >= 4 is 11.8 Å². The van der Waals surface area contributed by atoms with E-state index in [9.17, 15) is 9.59 Å². The largest absolute Gasteiger partial charge is 0.378 e. The zero-order chi connectivity index (χ0) is 16.3. The van der Waals surface area contributed by atoms with Crippen LogP contribution in [0.5, 0.6) is 0 Å². The number of amides is 2. The van der Waals surface area contributed by atoms with E-state index < -0.39 is 5.60 Å². The summed E-state index contributed by atoms with van der Waals surface area (Å²) in [7, 11) is 0. The van der Waals surface area contributed by atoms with E-state index >= 15 is 0 Å². The molecule has 0 aromatic rings. The van der Waals surface area contributed by atoms with Crippen LogP contribution in [0, 0.1) is 5.92 Å². The van der Waals surface area contributed by atoms with Gasteiger partial charge in [-0.05, 0) is 39.0 Å². The molecule has 6 nitrogen and oxygen atoms in total. The summed E-state index contributed by atoms with van der Waals surface area (Å²) in [6.07, 6.45) is 4.42. The molecule has 3 aliphatic rings. The van der Waals surface area contributed by atoms with E-state index in [0.29, 0.717) is 46.0 Å². The number of morpholine rings is 1. The summed E-state index contributed by atoms with van der Waals surface area (Å²) < 4.78 is 11.1. The van der Waals surface area contributed by atoms with Gasteiger partial charge in [-0.15, -0.1) is 0 Å². The number of likely N-dealkylation sites (tertiary alicyclic amines) is 1. The highest BCUT2D eigenvalue weighted by molar-refractivity contribution is 5.85. The van der Waals surface area contributed by atoms with Gasteiger partial charge in [0.15, 0.2) is 0 Å². The van der Waals surface area contributed by atoms with Crippen molar-refractivity contribution in [2.75, 3.05) is 46.0 Å². The maximum atomic E-state index is 12.7. The van der Waals surface area contributed by atoms with Crippen LogP contribution in [0.3, 0.4) is 0 Å². The number of hydrogen-bond acceptors (Lipinski definition) is 4. The van der Waals surface area contributed by atoms with Gasteiger partial charge in [0.1, 0.15) is 5.60 Å². The number of rotatable bonds is 2. The Labute approximate surface area is 138 Å². The maximum Gasteiger partial charge on any atom is 0.254 e. The Kier molecular flexibility index (Phi) is 5.21. The molecule has 0 saturated carbocycles. The second kappa shape index (κ2) is 7.18. The van der Waals surface area contributed by atoms with Crippen LogP contribution < -0.4 is 0 Å². The fourth-order valence-corrected chi connectivity index (χ4v) is 3.81. The van der Waals surface area contributed by atoms with Crippen LogP contribution in [0.15, 0.2) is 0 Å². The van der Waals surface area contributed by atoms with Crippen LogP contribution in [0.1, 0.15) is 39.0 Å². The molecule has 0 aromatic carbocycles. The predicted molar refractivity (Wildman–Crippen MR) is 84.9 cm³/mol. The summed E-state index contributed by atoms with van der Waals surface area (Å²) in [5, 5.41) is 0. The van der Waals surface area contributed by atoms with Gasteiger partial charge in [0.25, 0.3) is 5.91 Å². The highest BCUT2D eigenvalue weighted by Crippen LogP contribution is 2.29. The van der Waals surface area contributed by atoms with Gasteiger partial charge in [-0.25, -0.2) is 0 Å². The number of hydrogen-bond donors (Lipinski definition) is 0. The van der Waals surface area contributed by atoms with Gasteiger partial charge in [-0.1, -0.05) is 0 Å². The van der Waals surface area contributed by atoms with Crippen molar-refractivity contribution in [1.82, 2.24) is 9.80 Å². The third-order valence-corrected chi connectivity index (χ3v) is 5.38. The SMILES string of the molecule is C[C@@]1(C(=O)N2CCC(C(=O)N3CCOCC3)CC2)CCCCO1. The van der Waals surface area contributed by atoms with E-state index in [4.69, 9.17) is 9.47 Å². The van der Waals surface area contributed by atoms with Gasteiger partial charge < -0.3 is 19.3 Å². The van der Waals surface area contributed by atoms with Crippen LogP contribution in [0.4, 0.5) is 0 Å². The molecule has 0 N–H and O–H groups in total. The first-order valence-electron chi connectivity index (χ1n) is 8.90. The monoisotopic (exact) mass is 324 g/mol. The van der Waals surface area contributed by atoms with Gasteiger partial charge in [0.2, 0.25) is 5.91 Å². The highest BCUT2D eigenvalue weighted by atomic mass is 16.5. The number of nitrogens with zero attached hydrogens (tertiary/aromatic N) is 2.